The topological polar surface area (TPSA) is 79.5 Å². The number of amidine groups is 1. The third-order valence-corrected chi connectivity index (χ3v) is 6.66. The Balaban J connectivity index is 2.00. The van der Waals surface area contributed by atoms with Gasteiger partial charge in [0.2, 0.25) is 5.91 Å². The average Bonchev–Trinajstić information content (AvgIpc) is 2.99. The van der Waals surface area contributed by atoms with Crippen LogP contribution in [-0.2, 0) is 10.2 Å². The molecule has 3 atom stereocenters. The Morgan fingerprint density at radius 2 is 2.03 bits per heavy atom. The highest BCUT2D eigenvalue weighted by Gasteiger charge is 2.60. The number of hydrogen-bond acceptors (Lipinski definition) is 4. The van der Waals surface area contributed by atoms with Gasteiger partial charge in [0.15, 0.2) is 0 Å². The fraction of sp³-hybridized carbons (Fsp3) is 0.333. The minimum absolute atomic E-state index is 0.107. The van der Waals surface area contributed by atoms with Crippen molar-refractivity contribution in [3.63, 3.8) is 0 Å². The number of nitrogens with one attached hydrogen (secondary N) is 2. The first-order chi connectivity index (χ1) is 14.8. The van der Waals surface area contributed by atoms with Crippen LogP contribution in [0.4, 0.5) is 5.69 Å². The Hall–Kier alpha value is -2.34. The second kappa shape index (κ2) is 8.30. The van der Waals surface area contributed by atoms with Gasteiger partial charge in [-0.2, -0.15) is 0 Å². The van der Waals surface area contributed by atoms with E-state index in [0.29, 0.717) is 33.9 Å². The van der Waals surface area contributed by atoms with Crippen LogP contribution in [0.1, 0.15) is 43.7 Å². The highest BCUT2D eigenvalue weighted by molar-refractivity contribution is 6.31. The number of amides is 1. The molecule has 0 radical (unpaired) electrons. The summed E-state index contributed by atoms with van der Waals surface area (Å²) in [6.45, 7) is 8.63. The number of anilines is 1. The van der Waals surface area contributed by atoms with Gasteiger partial charge in [-0.1, -0.05) is 67.4 Å². The van der Waals surface area contributed by atoms with E-state index < -0.39 is 11.5 Å². The molecule has 4 rings (SSSR count). The molecule has 1 amide bonds. The first-order valence-electron chi connectivity index (χ1n) is 10.3. The van der Waals surface area contributed by atoms with E-state index in [-0.39, 0.29) is 11.8 Å². The molecule has 2 aromatic rings. The maximum atomic E-state index is 13.8. The van der Waals surface area contributed by atoms with Gasteiger partial charge in [0.1, 0.15) is 11.3 Å². The normalized spacial score (nSPS) is 24.7. The second-order valence-corrected chi connectivity index (χ2v) is 9.58. The zero-order chi connectivity index (χ0) is 22.3. The lowest BCUT2D eigenvalue weighted by Crippen LogP contribution is -2.55. The van der Waals surface area contributed by atoms with Crippen LogP contribution in [-0.4, -0.2) is 17.8 Å². The highest BCUT2D eigenvalue weighted by atomic mass is 35.5. The Morgan fingerprint density at radius 3 is 2.71 bits per heavy atom. The van der Waals surface area contributed by atoms with E-state index in [4.69, 9.17) is 34.0 Å². The smallest absolute Gasteiger partial charge is 0.238 e. The van der Waals surface area contributed by atoms with E-state index in [1.54, 1.807) is 6.07 Å². The number of carbonyl (C=O) groups excluding carboxylic acids is 1. The van der Waals surface area contributed by atoms with Crippen LogP contribution in [0, 0.1) is 5.92 Å². The Kier molecular flexibility index (Phi) is 5.86. The third-order valence-electron chi connectivity index (χ3n) is 6.19. The molecule has 1 spiro atoms. The van der Waals surface area contributed by atoms with E-state index in [9.17, 15) is 4.79 Å². The Morgan fingerprint density at radius 1 is 1.29 bits per heavy atom. The summed E-state index contributed by atoms with van der Waals surface area (Å²) in [6, 6.07) is 12.7. The molecule has 0 unspecified atom stereocenters. The lowest BCUT2D eigenvalue weighted by molar-refractivity contribution is -0.122. The summed E-state index contributed by atoms with van der Waals surface area (Å²) < 4.78 is 0. The number of aliphatic imine (C=N–C) groups is 1. The largest absolute Gasteiger partial charge is 0.325 e. The number of fused-ring (bicyclic) bond motifs is 2. The number of rotatable bonds is 4. The van der Waals surface area contributed by atoms with Crippen molar-refractivity contribution in [3.8, 4) is 0 Å². The van der Waals surface area contributed by atoms with E-state index in [1.807, 2.05) is 36.4 Å². The molecule has 2 aromatic carbocycles. The molecule has 2 aliphatic rings. The highest BCUT2D eigenvalue weighted by Crippen LogP contribution is 2.55. The molecule has 0 aliphatic carbocycles. The van der Waals surface area contributed by atoms with Gasteiger partial charge >= 0.3 is 0 Å². The predicted molar refractivity (Wildman–Crippen MR) is 128 cm³/mol. The number of hydrogen-bond donors (Lipinski definition) is 3. The van der Waals surface area contributed by atoms with Crippen LogP contribution >= 0.6 is 23.2 Å². The van der Waals surface area contributed by atoms with Crippen LogP contribution < -0.4 is 16.6 Å². The number of nitrogens with two attached hydrogens (primary N) is 1. The molecule has 4 N–H and O–H groups in total. The van der Waals surface area contributed by atoms with E-state index in [2.05, 4.69) is 31.2 Å². The lowest BCUT2D eigenvalue weighted by Gasteiger charge is -2.45. The lowest BCUT2D eigenvalue weighted by atomic mass is 9.59. The molecular weight excluding hydrogens is 431 g/mol. The summed E-state index contributed by atoms with van der Waals surface area (Å²) in [6.07, 6.45) is 1.21. The van der Waals surface area contributed by atoms with Crippen molar-refractivity contribution in [2.75, 3.05) is 5.32 Å². The van der Waals surface area contributed by atoms with Gasteiger partial charge in [0, 0.05) is 28.1 Å². The van der Waals surface area contributed by atoms with Crippen molar-refractivity contribution < 1.29 is 4.79 Å². The first kappa shape index (κ1) is 21.9. The molecule has 2 aliphatic heterocycles. The minimum Gasteiger partial charge on any atom is -0.325 e. The van der Waals surface area contributed by atoms with Crippen LogP contribution in [0.3, 0.4) is 0 Å². The number of hydrazine groups is 1. The summed E-state index contributed by atoms with van der Waals surface area (Å²) >= 11 is 12.6. The predicted octanol–water partition coefficient (Wildman–Crippen LogP) is 5.20. The zero-order valence-corrected chi connectivity index (χ0v) is 19.1. The molecule has 0 fully saturated rings. The molecule has 2 heterocycles. The number of nitrogens with zero attached hydrogens (tertiary/aromatic N) is 1. The van der Waals surface area contributed by atoms with Crippen LogP contribution in [0.15, 0.2) is 59.6 Å². The van der Waals surface area contributed by atoms with E-state index in [1.165, 1.54) is 0 Å². The summed E-state index contributed by atoms with van der Waals surface area (Å²) in [7, 11) is 0. The minimum atomic E-state index is -0.975. The maximum Gasteiger partial charge on any atom is 0.238 e. The van der Waals surface area contributed by atoms with Crippen molar-refractivity contribution in [3.05, 3.63) is 75.8 Å². The summed E-state index contributed by atoms with van der Waals surface area (Å²) in [4.78, 5) is 18.7. The fourth-order valence-corrected chi connectivity index (χ4v) is 5.42. The van der Waals surface area contributed by atoms with Crippen molar-refractivity contribution in [1.29, 1.82) is 0 Å². The van der Waals surface area contributed by atoms with Crippen molar-refractivity contribution in [2.24, 2.45) is 16.8 Å². The van der Waals surface area contributed by atoms with Gasteiger partial charge < -0.3 is 10.7 Å². The number of carbonyl (C=O) groups is 1. The second-order valence-electron chi connectivity index (χ2n) is 8.70. The monoisotopic (exact) mass is 456 g/mol. The van der Waals surface area contributed by atoms with Crippen LogP contribution in [0.25, 0.3) is 0 Å². The number of halogens is 2. The standard InChI is InChI=1S/C24H26Cl2N4O/c1-13(2)9-14(3)22-24(18-8-7-17(26)11-20(18)28-23(24)31)19(12-21(29-22)30-27)15-5-4-6-16(25)10-15/h4-8,10-11,13,19,22H,3,9,12,27H2,1-2H3,(H,28,31)(H,29,30)/t19-,22+,24-/m0/s1. The Labute approximate surface area is 192 Å². The summed E-state index contributed by atoms with van der Waals surface area (Å²) in [5.41, 5.74) is 5.20. The van der Waals surface area contributed by atoms with Crippen LogP contribution in [0.2, 0.25) is 10.0 Å². The maximum absolute atomic E-state index is 13.8. The number of benzene rings is 2. The molecule has 31 heavy (non-hydrogen) atoms. The first-order valence-corrected chi connectivity index (χ1v) is 11.1. The molecular formula is C24H26Cl2N4O. The van der Waals surface area contributed by atoms with Gasteiger partial charge in [-0.25, -0.2) is 5.84 Å². The van der Waals surface area contributed by atoms with Crippen LogP contribution in [0.5, 0.6) is 0 Å². The van der Waals surface area contributed by atoms with Crippen molar-refractivity contribution >= 4 is 40.6 Å². The molecule has 162 valence electrons. The molecule has 0 saturated carbocycles. The Bertz CT molecular complexity index is 1080. The van der Waals surface area contributed by atoms with E-state index in [0.717, 1.165) is 23.1 Å². The van der Waals surface area contributed by atoms with Gasteiger partial charge in [-0.15, -0.1) is 0 Å². The third kappa shape index (κ3) is 3.65. The fourth-order valence-electron chi connectivity index (χ4n) is 5.05. The quantitative estimate of drug-likeness (QED) is 0.335. The summed E-state index contributed by atoms with van der Waals surface area (Å²) in [5, 5.41) is 4.25. The zero-order valence-electron chi connectivity index (χ0n) is 17.6. The molecule has 0 bridgehead atoms. The van der Waals surface area contributed by atoms with Gasteiger partial charge in [-0.05, 0) is 47.7 Å². The van der Waals surface area contributed by atoms with Gasteiger partial charge in [0.05, 0.1) is 6.04 Å². The molecule has 7 heteroatoms. The average molecular weight is 457 g/mol. The molecule has 0 aromatic heterocycles. The van der Waals surface area contributed by atoms with E-state index >= 15 is 0 Å². The molecule has 0 saturated heterocycles. The summed E-state index contributed by atoms with van der Waals surface area (Å²) in [5.74, 6) is 6.48. The van der Waals surface area contributed by atoms with Gasteiger partial charge in [0.25, 0.3) is 0 Å². The van der Waals surface area contributed by atoms with Gasteiger partial charge in [-0.3, -0.25) is 9.79 Å². The molecule has 5 nitrogen and oxygen atoms in total. The van der Waals surface area contributed by atoms with Crippen molar-refractivity contribution in [2.45, 2.75) is 44.1 Å². The SMILES string of the molecule is C=C(CC(C)C)[C@H]1N=C(NN)C[C@@H](c2cccc(Cl)c2)[C@]12C(=O)Nc1cc(Cl)ccc12. The van der Waals surface area contributed by atoms with Crippen molar-refractivity contribution in [1.82, 2.24) is 5.43 Å².